The summed E-state index contributed by atoms with van der Waals surface area (Å²) in [6, 6.07) is 0. The van der Waals surface area contributed by atoms with Crippen molar-refractivity contribution in [2.75, 3.05) is 13.1 Å². The van der Waals surface area contributed by atoms with Gasteiger partial charge in [-0.15, -0.1) is 11.6 Å². The highest BCUT2D eigenvalue weighted by Crippen LogP contribution is 2.23. The summed E-state index contributed by atoms with van der Waals surface area (Å²) in [7, 11) is -3.66. The second-order valence-electron chi connectivity index (χ2n) is 4.32. The van der Waals surface area contributed by atoms with Crippen LogP contribution in [0.25, 0.3) is 0 Å². The lowest BCUT2D eigenvalue weighted by molar-refractivity contribution is 0.169. The molecule has 0 fully saturated rings. The van der Waals surface area contributed by atoms with Gasteiger partial charge in [0.05, 0.1) is 11.5 Å². The summed E-state index contributed by atoms with van der Waals surface area (Å²) in [5.41, 5.74) is 0. The minimum Gasteiger partial charge on any atom is -0.253 e. The maximum atomic E-state index is 12.0. The highest BCUT2D eigenvalue weighted by Gasteiger charge is 2.29. The van der Waals surface area contributed by atoms with Crippen LogP contribution in [0.5, 0.6) is 0 Å². The van der Waals surface area contributed by atoms with Crippen LogP contribution in [0.2, 0.25) is 0 Å². The Morgan fingerprint density at radius 1 is 1.22 bits per heavy atom. The first kappa shape index (κ1) is 16.0. The number of hydrogen-bond donors (Lipinski definition) is 0. The first-order valence-corrected chi connectivity index (χ1v) is 8.28. The molecule has 0 aliphatic heterocycles. The van der Waals surface area contributed by atoms with Gasteiger partial charge in [-0.25, -0.2) is 0 Å². The van der Waals surface area contributed by atoms with Crippen molar-refractivity contribution in [1.29, 1.82) is 0 Å². The molecule has 0 aromatic carbocycles. The molecule has 0 heterocycles. The van der Waals surface area contributed by atoms with Crippen molar-refractivity contribution in [2.24, 2.45) is 0 Å². The summed E-state index contributed by atoms with van der Waals surface area (Å²) in [5.74, 6) is 0. The van der Waals surface area contributed by atoms with Crippen LogP contribution in [0.4, 0.5) is 0 Å². The third-order valence-corrected chi connectivity index (χ3v) is 5.20. The molecule has 0 radical (unpaired) electrons. The molecule has 0 N–H and O–H groups in total. The van der Waals surface area contributed by atoms with Gasteiger partial charge in [-0.2, -0.15) is 12.7 Å². The fourth-order valence-electron chi connectivity index (χ4n) is 1.98. The molecule has 4 nitrogen and oxygen atoms in total. The molecule has 0 saturated carbocycles. The van der Waals surface area contributed by atoms with Gasteiger partial charge in [-0.1, -0.05) is 26.0 Å². The van der Waals surface area contributed by atoms with Gasteiger partial charge in [0.2, 0.25) is 0 Å². The van der Waals surface area contributed by atoms with Crippen LogP contribution in [0.1, 0.15) is 39.5 Å². The lowest BCUT2D eigenvalue weighted by atomic mass is 10.0. The van der Waals surface area contributed by atoms with E-state index in [0.717, 1.165) is 19.3 Å². The molecule has 0 aromatic rings. The van der Waals surface area contributed by atoms with Crippen LogP contribution in [-0.2, 0) is 14.5 Å². The van der Waals surface area contributed by atoms with Crippen molar-refractivity contribution in [3.05, 3.63) is 12.2 Å². The Kier molecular flexibility index (Phi) is 6.63. The Morgan fingerprint density at radius 2 is 1.78 bits per heavy atom. The smallest absolute Gasteiger partial charge is 0.253 e. The monoisotopic (exact) mass is 295 g/mol. The molecule has 106 valence electrons. The molecule has 1 aliphatic carbocycles. The third-order valence-electron chi connectivity index (χ3n) is 3.06. The first-order chi connectivity index (χ1) is 8.51. The summed E-state index contributed by atoms with van der Waals surface area (Å²) >= 11 is 6.21. The third kappa shape index (κ3) is 4.53. The quantitative estimate of drug-likeness (QED) is 0.579. The molecule has 2 unspecified atom stereocenters. The number of alkyl halides is 1. The van der Waals surface area contributed by atoms with Gasteiger partial charge in [-0.3, -0.25) is 4.18 Å². The van der Waals surface area contributed by atoms with Gasteiger partial charge in [0, 0.05) is 13.1 Å². The highest BCUT2D eigenvalue weighted by atomic mass is 35.5. The van der Waals surface area contributed by atoms with Crippen molar-refractivity contribution in [2.45, 2.75) is 51.0 Å². The van der Waals surface area contributed by atoms with Gasteiger partial charge in [-0.05, 0) is 25.7 Å². The minimum absolute atomic E-state index is 0.250. The predicted molar refractivity (Wildman–Crippen MR) is 74.0 cm³/mol. The number of hydrogen-bond acceptors (Lipinski definition) is 3. The Hall–Kier alpha value is -0.100. The van der Waals surface area contributed by atoms with E-state index in [0.29, 0.717) is 19.5 Å². The number of allylic oxidation sites excluding steroid dienone is 2. The van der Waals surface area contributed by atoms with Gasteiger partial charge < -0.3 is 0 Å². The fraction of sp³-hybridized carbons (Fsp3) is 0.833. The van der Waals surface area contributed by atoms with Gasteiger partial charge in [0.15, 0.2) is 0 Å². The maximum absolute atomic E-state index is 12.0. The lowest BCUT2D eigenvalue weighted by Crippen LogP contribution is -2.37. The van der Waals surface area contributed by atoms with E-state index in [-0.39, 0.29) is 5.38 Å². The Labute approximate surface area is 115 Å². The Balaban J connectivity index is 2.71. The molecule has 1 aliphatic rings. The molecule has 0 bridgehead atoms. The highest BCUT2D eigenvalue weighted by molar-refractivity contribution is 7.84. The molecule has 0 aromatic heterocycles. The van der Waals surface area contributed by atoms with Crippen LogP contribution in [0, 0.1) is 0 Å². The molecule has 2 atom stereocenters. The predicted octanol–water partition coefficient (Wildman–Crippen LogP) is 2.70. The number of rotatable bonds is 5. The van der Waals surface area contributed by atoms with Crippen molar-refractivity contribution in [1.82, 2.24) is 4.31 Å². The van der Waals surface area contributed by atoms with E-state index in [1.807, 2.05) is 0 Å². The topological polar surface area (TPSA) is 46.6 Å². The van der Waals surface area contributed by atoms with Crippen LogP contribution in [-0.4, -0.2) is 37.3 Å². The zero-order valence-electron chi connectivity index (χ0n) is 11.0. The van der Waals surface area contributed by atoms with Gasteiger partial charge in [0.1, 0.15) is 0 Å². The summed E-state index contributed by atoms with van der Waals surface area (Å²) in [6.45, 7) is 4.42. The van der Waals surface area contributed by atoms with E-state index in [2.05, 4.69) is 12.2 Å². The molecule has 0 saturated heterocycles. The van der Waals surface area contributed by atoms with Crippen molar-refractivity contribution < 1.29 is 12.6 Å². The van der Waals surface area contributed by atoms with E-state index in [1.54, 1.807) is 13.8 Å². The second-order valence-corrected chi connectivity index (χ2v) is 6.44. The van der Waals surface area contributed by atoms with Crippen LogP contribution < -0.4 is 0 Å². The summed E-state index contributed by atoms with van der Waals surface area (Å²) < 4.78 is 30.7. The van der Waals surface area contributed by atoms with E-state index in [1.165, 1.54) is 4.31 Å². The molecule has 0 amide bonds. The fourth-order valence-corrected chi connectivity index (χ4v) is 3.64. The Morgan fingerprint density at radius 3 is 2.33 bits per heavy atom. The zero-order valence-corrected chi connectivity index (χ0v) is 12.6. The molecular formula is C12H22ClNO3S. The van der Waals surface area contributed by atoms with Crippen molar-refractivity contribution >= 4 is 21.9 Å². The Bertz CT molecular complexity index is 366. The van der Waals surface area contributed by atoms with E-state index in [4.69, 9.17) is 15.8 Å². The summed E-state index contributed by atoms with van der Waals surface area (Å²) in [6.07, 6.45) is 6.79. The maximum Gasteiger partial charge on any atom is 0.338 e. The largest absolute Gasteiger partial charge is 0.338 e. The summed E-state index contributed by atoms with van der Waals surface area (Å²) in [5, 5.41) is -0.250. The molecular weight excluding hydrogens is 274 g/mol. The molecule has 6 heteroatoms. The van der Waals surface area contributed by atoms with Gasteiger partial charge >= 0.3 is 10.3 Å². The van der Waals surface area contributed by atoms with Crippen LogP contribution in [0.3, 0.4) is 0 Å². The number of halogens is 1. The number of nitrogens with zero attached hydrogens (tertiary/aromatic N) is 1. The normalized spacial score (nSPS) is 27.8. The van der Waals surface area contributed by atoms with Crippen molar-refractivity contribution in [3.63, 3.8) is 0 Å². The average molecular weight is 296 g/mol. The second kappa shape index (κ2) is 7.48. The minimum atomic E-state index is -3.66. The first-order valence-electron chi connectivity index (χ1n) is 6.48. The molecule has 1 rings (SSSR count). The van der Waals surface area contributed by atoms with Crippen LogP contribution >= 0.6 is 11.6 Å². The molecule has 0 spiro atoms. The zero-order chi connectivity index (χ0) is 13.6. The molecule has 18 heavy (non-hydrogen) atoms. The lowest BCUT2D eigenvalue weighted by Gasteiger charge is -2.26. The summed E-state index contributed by atoms with van der Waals surface area (Å²) in [4.78, 5) is 0. The van der Waals surface area contributed by atoms with Crippen LogP contribution in [0.15, 0.2) is 12.2 Å². The van der Waals surface area contributed by atoms with Crippen molar-refractivity contribution in [3.8, 4) is 0 Å². The standard InChI is InChI=1S/C12H22ClNO3S/c1-3-14(4-2)18(15,16)17-12-10-8-6-5-7-9-11(12)13/h5-6,11-12H,3-4,7-10H2,1-2H3/b6-5-. The van der Waals surface area contributed by atoms with E-state index in [9.17, 15) is 8.42 Å². The van der Waals surface area contributed by atoms with E-state index < -0.39 is 16.4 Å². The van der Waals surface area contributed by atoms with E-state index >= 15 is 0 Å². The average Bonchev–Trinajstić information content (AvgIpc) is 2.30. The van der Waals surface area contributed by atoms with Gasteiger partial charge in [0.25, 0.3) is 0 Å². The SMILES string of the molecule is CCN(CC)S(=O)(=O)OC1CC/C=C\CCC1Cl.